The zero-order chi connectivity index (χ0) is 13.8. The van der Waals surface area contributed by atoms with E-state index in [2.05, 4.69) is 10.1 Å². The molecule has 1 N–H and O–H groups in total. The average Bonchev–Trinajstić information content (AvgIpc) is 2.62. The summed E-state index contributed by atoms with van der Waals surface area (Å²) in [7, 11) is 1.34. The van der Waals surface area contributed by atoms with Gasteiger partial charge in [-0.2, -0.15) is 0 Å². The quantitative estimate of drug-likeness (QED) is 0.768. The van der Waals surface area contributed by atoms with Crippen molar-refractivity contribution in [3.8, 4) is 0 Å². The number of esters is 1. The van der Waals surface area contributed by atoms with E-state index >= 15 is 0 Å². The average molecular weight is 259 g/mol. The van der Waals surface area contributed by atoms with Crippen LogP contribution < -0.4 is 5.32 Å². The van der Waals surface area contributed by atoms with Crippen LogP contribution in [0.2, 0.25) is 0 Å². The van der Waals surface area contributed by atoms with Crippen LogP contribution in [0.5, 0.6) is 0 Å². The first-order valence-corrected chi connectivity index (χ1v) is 5.96. The van der Waals surface area contributed by atoms with Crippen molar-refractivity contribution in [1.29, 1.82) is 0 Å². The monoisotopic (exact) mass is 259 g/mol. The Kier molecular flexibility index (Phi) is 4.95. The van der Waals surface area contributed by atoms with E-state index in [1.807, 2.05) is 0 Å². The van der Waals surface area contributed by atoms with Crippen molar-refractivity contribution in [1.82, 2.24) is 5.32 Å². The second kappa shape index (κ2) is 6.04. The molecule has 0 saturated carbocycles. The van der Waals surface area contributed by atoms with Gasteiger partial charge in [0.25, 0.3) is 0 Å². The molecule has 18 heavy (non-hydrogen) atoms. The van der Waals surface area contributed by atoms with E-state index in [0.29, 0.717) is 13.2 Å². The minimum Gasteiger partial charge on any atom is -0.469 e. The lowest BCUT2D eigenvalue weighted by Crippen LogP contribution is -2.43. The van der Waals surface area contributed by atoms with Crippen molar-refractivity contribution in [3.63, 3.8) is 0 Å². The maximum Gasteiger partial charge on any atom is 0.407 e. The second-order valence-electron chi connectivity index (χ2n) is 5.33. The van der Waals surface area contributed by atoms with Gasteiger partial charge in [-0.25, -0.2) is 4.79 Å². The number of hydrogen-bond acceptors (Lipinski definition) is 5. The first kappa shape index (κ1) is 14.8. The normalized spacial score (nSPS) is 23.6. The van der Waals surface area contributed by atoms with Crippen molar-refractivity contribution in [2.45, 2.75) is 38.8 Å². The molecule has 0 aromatic rings. The Bertz CT molecular complexity index is 310. The number of hydrogen-bond donors (Lipinski definition) is 1. The number of ether oxygens (including phenoxy) is 3. The summed E-state index contributed by atoms with van der Waals surface area (Å²) >= 11 is 0. The van der Waals surface area contributed by atoms with Crippen molar-refractivity contribution in [3.05, 3.63) is 0 Å². The summed E-state index contributed by atoms with van der Waals surface area (Å²) in [5.74, 6) is -0.369. The van der Waals surface area contributed by atoms with E-state index in [1.165, 1.54) is 7.11 Å². The van der Waals surface area contributed by atoms with Gasteiger partial charge in [0.2, 0.25) is 0 Å². The van der Waals surface area contributed by atoms with Crippen molar-refractivity contribution < 1.29 is 23.8 Å². The van der Waals surface area contributed by atoms with Crippen LogP contribution in [0.1, 0.15) is 27.2 Å². The molecule has 1 aliphatic heterocycles. The molecule has 1 saturated heterocycles. The Hall–Kier alpha value is -1.30. The van der Waals surface area contributed by atoms with E-state index in [4.69, 9.17) is 9.47 Å². The number of rotatable bonds is 3. The highest BCUT2D eigenvalue weighted by Crippen LogP contribution is 2.18. The fourth-order valence-corrected chi connectivity index (χ4v) is 1.72. The van der Waals surface area contributed by atoms with E-state index in [-0.39, 0.29) is 24.3 Å². The number of amides is 1. The molecule has 1 heterocycles. The molecule has 2 atom stereocenters. The summed E-state index contributed by atoms with van der Waals surface area (Å²) in [5, 5.41) is 2.72. The van der Waals surface area contributed by atoms with Gasteiger partial charge in [0.05, 0.1) is 32.8 Å². The molecule has 1 fully saturated rings. The summed E-state index contributed by atoms with van der Waals surface area (Å²) < 4.78 is 15.0. The van der Waals surface area contributed by atoms with Crippen LogP contribution in [0.4, 0.5) is 4.79 Å². The maximum atomic E-state index is 11.6. The zero-order valence-corrected chi connectivity index (χ0v) is 11.3. The largest absolute Gasteiger partial charge is 0.469 e. The predicted octanol–water partition coefficient (Wildman–Crippen LogP) is 1.09. The van der Waals surface area contributed by atoms with Crippen molar-refractivity contribution >= 4 is 12.1 Å². The zero-order valence-electron chi connectivity index (χ0n) is 11.3. The fourth-order valence-electron chi connectivity index (χ4n) is 1.72. The second-order valence-corrected chi connectivity index (χ2v) is 5.33. The molecule has 0 unspecified atom stereocenters. The molecule has 0 aromatic carbocycles. The standard InChI is InChI=1S/C12H21NO5/c1-12(2,3)18-11(15)13-9-7-17-6-8(9)5-10(14)16-4/h8-9H,5-7H2,1-4H3,(H,13,15)/t8-,9-/m1/s1. The van der Waals surface area contributed by atoms with Crippen LogP contribution in [-0.2, 0) is 19.0 Å². The smallest absolute Gasteiger partial charge is 0.407 e. The minimum atomic E-state index is -0.540. The molecule has 6 nitrogen and oxygen atoms in total. The number of alkyl carbamates (subject to hydrolysis) is 1. The Morgan fingerprint density at radius 2 is 2.00 bits per heavy atom. The van der Waals surface area contributed by atoms with Gasteiger partial charge in [-0.15, -0.1) is 0 Å². The molecule has 1 amide bonds. The molecular formula is C12H21NO5. The van der Waals surface area contributed by atoms with Gasteiger partial charge in [0.15, 0.2) is 0 Å². The number of carbonyl (C=O) groups is 2. The first-order valence-electron chi connectivity index (χ1n) is 5.96. The lowest BCUT2D eigenvalue weighted by atomic mass is 10.0. The van der Waals surface area contributed by atoms with Crippen LogP contribution >= 0.6 is 0 Å². The van der Waals surface area contributed by atoms with Crippen molar-refractivity contribution in [2.75, 3.05) is 20.3 Å². The number of nitrogens with one attached hydrogen (secondary N) is 1. The van der Waals surface area contributed by atoms with Gasteiger partial charge < -0.3 is 19.5 Å². The SMILES string of the molecule is COC(=O)C[C@@H]1COC[C@H]1NC(=O)OC(C)(C)C. The van der Waals surface area contributed by atoms with E-state index in [0.717, 1.165) is 0 Å². The summed E-state index contributed by atoms with van der Waals surface area (Å²) in [6, 6.07) is -0.209. The van der Waals surface area contributed by atoms with Crippen LogP contribution in [-0.4, -0.2) is 44.0 Å². The molecule has 0 aliphatic carbocycles. The molecule has 0 spiro atoms. The lowest BCUT2D eigenvalue weighted by Gasteiger charge is -2.23. The fraction of sp³-hybridized carbons (Fsp3) is 0.833. The van der Waals surface area contributed by atoms with E-state index in [1.54, 1.807) is 20.8 Å². The Morgan fingerprint density at radius 1 is 1.33 bits per heavy atom. The number of methoxy groups -OCH3 is 1. The molecule has 1 aliphatic rings. The molecule has 0 aromatic heterocycles. The molecule has 1 rings (SSSR count). The third kappa shape index (κ3) is 4.91. The van der Waals surface area contributed by atoms with Gasteiger partial charge >= 0.3 is 12.1 Å². The van der Waals surface area contributed by atoms with Gasteiger partial charge in [0.1, 0.15) is 5.60 Å². The third-order valence-electron chi connectivity index (χ3n) is 2.56. The summed E-state index contributed by atoms with van der Waals surface area (Å²) in [4.78, 5) is 22.8. The maximum absolute atomic E-state index is 11.6. The predicted molar refractivity (Wildman–Crippen MR) is 64.1 cm³/mol. The number of carbonyl (C=O) groups excluding carboxylic acids is 2. The van der Waals surface area contributed by atoms with Gasteiger partial charge in [-0.3, -0.25) is 4.79 Å². The Morgan fingerprint density at radius 3 is 2.56 bits per heavy atom. The van der Waals surface area contributed by atoms with Crippen LogP contribution in [0, 0.1) is 5.92 Å². The van der Waals surface area contributed by atoms with E-state index < -0.39 is 11.7 Å². The highest BCUT2D eigenvalue weighted by molar-refractivity contribution is 5.70. The first-order chi connectivity index (χ1) is 8.31. The van der Waals surface area contributed by atoms with Gasteiger partial charge in [-0.05, 0) is 20.8 Å². The van der Waals surface area contributed by atoms with Crippen molar-refractivity contribution in [2.24, 2.45) is 5.92 Å². The van der Waals surface area contributed by atoms with Gasteiger partial charge in [-0.1, -0.05) is 0 Å². The Balaban J connectivity index is 2.45. The van der Waals surface area contributed by atoms with E-state index in [9.17, 15) is 9.59 Å². The summed E-state index contributed by atoms with van der Waals surface area (Å²) in [5.41, 5.74) is -0.540. The van der Waals surface area contributed by atoms with Gasteiger partial charge in [0, 0.05) is 5.92 Å². The van der Waals surface area contributed by atoms with Crippen LogP contribution in [0.25, 0.3) is 0 Å². The third-order valence-corrected chi connectivity index (χ3v) is 2.56. The van der Waals surface area contributed by atoms with Crippen LogP contribution in [0.3, 0.4) is 0 Å². The highest BCUT2D eigenvalue weighted by Gasteiger charge is 2.32. The topological polar surface area (TPSA) is 73.9 Å². The summed E-state index contributed by atoms with van der Waals surface area (Å²) in [6.07, 6.45) is -0.260. The molecule has 6 heteroatoms. The highest BCUT2D eigenvalue weighted by atomic mass is 16.6. The molecule has 0 radical (unpaired) electrons. The molecular weight excluding hydrogens is 238 g/mol. The molecule has 0 bridgehead atoms. The minimum absolute atomic E-state index is 0.0648. The lowest BCUT2D eigenvalue weighted by molar-refractivity contribution is -0.141. The Labute approximate surface area is 107 Å². The van der Waals surface area contributed by atoms with Crippen LogP contribution in [0.15, 0.2) is 0 Å². The molecule has 104 valence electrons. The summed E-state index contributed by atoms with van der Waals surface area (Å²) in [6.45, 7) is 6.22.